The molecule has 0 aromatic carbocycles. The molecule has 0 aromatic rings. The Bertz CT molecular complexity index is 826. The third kappa shape index (κ3) is 43.4. The van der Waals surface area contributed by atoms with Gasteiger partial charge < -0.3 is 14.2 Å². The molecule has 6 heteroatoms. The maximum absolute atomic E-state index is 12.7. The van der Waals surface area contributed by atoms with Gasteiger partial charge in [0, 0.05) is 19.3 Å². The molecule has 0 radical (unpaired) electrons. The van der Waals surface area contributed by atoms with E-state index in [1.165, 1.54) is 167 Å². The van der Waals surface area contributed by atoms with Crippen molar-refractivity contribution in [1.82, 2.24) is 0 Å². The summed E-state index contributed by atoms with van der Waals surface area (Å²) in [6.45, 7) is 8.95. The van der Waals surface area contributed by atoms with E-state index < -0.39 is 6.10 Å². The molecule has 0 spiro atoms. The van der Waals surface area contributed by atoms with Crippen LogP contribution in [-0.2, 0) is 28.6 Å². The van der Waals surface area contributed by atoms with Gasteiger partial charge in [-0.1, -0.05) is 233 Å². The lowest BCUT2D eigenvalue weighted by Gasteiger charge is -2.18. The number of unbranched alkanes of at least 4 members (excludes halogenated alkanes) is 31. The number of carbonyl (C=O) groups excluding carboxylic acids is 3. The molecule has 326 valence electrons. The minimum atomic E-state index is -0.759. The van der Waals surface area contributed by atoms with E-state index in [0.717, 1.165) is 63.7 Å². The summed E-state index contributed by atoms with van der Waals surface area (Å²) in [5, 5.41) is 0. The minimum Gasteiger partial charge on any atom is -0.462 e. The van der Waals surface area contributed by atoms with Crippen molar-refractivity contribution in [2.24, 2.45) is 5.92 Å². The zero-order valence-electron chi connectivity index (χ0n) is 37.4. The van der Waals surface area contributed by atoms with Crippen LogP contribution >= 0.6 is 0 Å². The van der Waals surface area contributed by atoms with Gasteiger partial charge in [-0.05, 0) is 25.2 Å². The molecule has 0 amide bonds. The summed E-state index contributed by atoms with van der Waals surface area (Å²) in [6.07, 6.45) is 43.9. The van der Waals surface area contributed by atoms with E-state index in [9.17, 15) is 14.4 Å². The smallest absolute Gasteiger partial charge is 0.306 e. The van der Waals surface area contributed by atoms with Crippen LogP contribution in [0.15, 0.2) is 0 Å². The quantitative estimate of drug-likeness (QED) is 0.0348. The molecule has 0 unspecified atom stereocenters. The normalized spacial score (nSPS) is 11.9. The largest absolute Gasteiger partial charge is 0.462 e. The molecule has 55 heavy (non-hydrogen) atoms. The van der Waals surface area contributed by atoms with E-state index in [4.69, 9.17) is 14.2 Å². The summed E-state index contributed by atoms with van der Waals surface area (Å²) in [4.78, 5) is 37.7. The van der Waals surface area contributed by atoms with E-state index in [1.807, 2.05) is 0 Å². The first kappa shape index (κ1) is 53.4. The second kappa shape index (κ2) is 43.5. The van der Waals surface area contributed by atoms with E-state index >= 15 is 0 Å². The first-order chi connectivity index (χ1) is 26.9. The third-order valence-electron chi connectivity index (χ3n) is 11.0. The average Bonchev–Trinajstić information content (AvgIpc) is 3.17. The first-order valence-corrected chi connectivity index (χ1v) is 24.4. The molecule has 0 saturated heterocycles. The Morgan fingerprint density at radius 1 is 0.345 bits per heavy atom. The van der Waals surface area contributed by atoms with Gasteiger partial charge in [-0.2, -0.15) is 0 Å². The van der Waals surface area contributed by atoms with Crippen molar-refractivity contribution in [3.05, 3.63) is 0 Å². The molecule has 0 aliphatic heterocycles. The zero-order valence-corrected chi connectivity index (χ0v) is 37.4. The fraction of sp³-hybridized carbons (Fsp3) is 0.939. The number of esters is 3. The van der Waals surface area contributed by atoms with Gasteiger partial charge in [-0.3, -0.25) is 14.4 Å². The number of hydrogen-bond acceptors (Lipinski definition) is 6. The number of hydrogen-bond donors (Lipinski definition) is 0. The molecule has 6 nitrogen and oxygen atoms in total. The molecule has 0 aromatic heterocycles. The van der Waals surface area contributed by atoms with Gasteiger partial charge in [0.2, 0.25) is 0 Å². The van der Waals surface area contributed by atoms with E-state index in [-0.39, 0.29) is 31.1 Å². The lowest BCUT2D eigenvalue weighted by Crippen LogP contribution is -2.30. The topological polar surface area (TPSA) is 78.9 Å². The van der Waals surface area contributed by atoms with Gasteiger partial charge in [-0.25, -0.2) is 0 Å². The van der Waals surface area contributed by atoms with Crippen LogP contribution in [-0.4, -0.2) is 37.2 Å². The highest BCUT2D eigenvalue weighted by molar-refractivity contribution is 5.71. The maximum atomic E-state index is 12.7. The Morgan fingerprint density at radius 3 is 0.891 bits per heavy atom. The standard InChI is InChI=1S/C49H94O6/c1-5-7-9-11-13-14-15-16-17-18-19-20-21-22-25-30-34-38-42-49(52)55-46(43-53-47(50)40-36-32-27-12-10-8-6-2)44-54-48(51)41-37-33-29-26-23-24-28-31-35-39-45(3)4/h45-46H,5-44H2,1-4H3/t46-/m0/s1. The monoisotopic (exact) mass is 779 g/mol. The summed E-state index contributed by atoms with van der Waals surface area (Å²) >= 11 is 0. The summed E-state index contributed by atoms with van der Waals surface area (Å²) in [5.41, 5.74) is 0. The Morgan fingerprint density at radius 2 is 0.600 bits per heavy atom. The molecule has 0 bridgehead atoms. The predicted molar refractivity (Wildman–Crippen MR) is 233 cm³/mol. The van der Waals surface area contributed by atoms with Crippen LogP contribution in [0.5, 0.6) is 0 Å². The summed E-state index contributed by atoms with van der Waals surface area (Å²) < 4.78 is 16.7. The molecule has 0 saturated carbocycles. The van der Waals surface area contributed by atoms with Crippen LogP contribution < -0.4 is 0 Å². The van der Waals surface area contributed by atoms with E-state index in [2.05, 4.69) is 27.7 Å². The molecule has 0 heterocycles. The SMILES string of the molecule is CCCCCCCCCCCCCCCCCCCCC(=O)O[C@@H](COC(=O)CCCCCCCCC)COC(=O)CCCCCCCCCCCC(C)C. The van der Waals surface area contributed by atoms with E-state index in [1.54, 1.807) is 0 Å². The van der Waals surface area contributed by atoms with E-state index in [0.29, 0.717) is 19.3 Å². The van der Waals surface area contributed by atoms with Crippen LogP contribution in [0.2, 0.25) is 0 Å². The predicted octanol–water partition coefficient (Wildman–Crippen LogP) is 15.5. The van der Waals surface area contributed by atoms with Gasteiger partial charge in [-0.15, -0.1) is 0 Å². The number of ether oxygens (including phenoxy) is 3. The van der Waals surface area contributed by atoms with Crippen LogP contribution in [0.25, 0.3) is 0 Å². The Kier molecular flexibility index (Phi) is 42.3. The summed E-state index contributed by atoms with van der Waals surface area (Å²) in [7, 11) is 0. The van der Waals surface area contributed by atoms with Gasteiger partial charge in [0.05, 0.1) is 0 Å². The molecule has 1 atom stereocenters. The van der Waals surface area contributed by atoms with Crippen molar-refractivity contribution < 1.29 is 28.6 Å². The van der Waals surface area contributed by atoms with Crippen molar-refractivity contribution in [1.29, 1.82) is 0 Å². The first-order valence-electron chi connectivity index (χ1n) is 24.4. The van der Waals surface area contributed by atoms with Crippen LogP contribution in [0.3, 0.4) is 0 Å². The fourth-order valence-electron chi connectivity index (χ4n) is 7.33. The Labute approximate surface area is 342 Å². The lowest BCUT2D eigenvalue weighted by atomic mass is 10.0. The highest BCUT2D eigenvalue weighted by Crippen LogP contribution is 2.17. The molecule has 0 aliphatic rings. The van der Waals surface area contributed by atoms with Gasteiger partial charge in [0.15, 0.2) is 6.10 Å². The van der Waals surface area contributed by atoms with Crippen molar-refractivity contribution >= 4 is 17.9 Å². The Hall–Kier alpha value is -1.59. The summed E-state index contributed by atoms with van der Waals surface area (Å²) in [5.74, 6) is -0.0486. The lowest BCUT2D eigenvalue weighted by molar-refractivity contribution is -0.167. The second-order valence-electron chi connectivity index (χ2n) is 17.2. The maximum Gasteiger partial charge on any atom is 0.306 e. The van der Waals surface area contributed by atoms with Crippen LogP contribution in [0.1, 0.15) is 272 Å². The van der Waals surface area contributed by atoms with Crippen molar-refractivity contribution in [3.8, 4) is 0 Å². The molecular formula is C49H94O6. The molecular weight excluding hydrogens is 685 g/mol. The van der Waals surface area contributed by atoms with Crippen LogP contribution in [0, 0.1) is 5.92 Å². The molecule has 0 N–H and O–H groups in total. The number of rotatable bonds is 44. The molecule has 0 rings (SSSR count). The number of carbonyl (C=O) groups is 3. The Balaban J connectivity index is 4.20. The van der Waals surface area contributed by atoms with Gasteiger partial charge in [0.1, 0.15) is 13.2 Å². The highest BCUT2D eigenvalue weighted by Gasteiger charge is 2.19. The van der Waals surface area contributed by atoms with Crippen LogP contribution in [0.4, 0.5) is 0 Å². The van der Waals surface area contributed by atoms with Crippen molar-refractivity contribution in [2.75, 3.05) is 13.2 Å². The van der Waals surface area contributed by atoms with Crippen molar-refractivity contribution in [2.45, 2.75) is 278 Å². The average molecular weight is 779 g/mol. The zero-order chi connectivity index (χ0) is 40.3. The third-order valence-corrected chi connectivity index (χ3v) is 11.0. The molecule has 0 aliphatic carbocycles. The highest BCUT2D eigenvalue weighted by atomic mass is 16.6. The summed E-state index contributed by atoms with van der Waals surface area (Å²) in [6, 6.07) is 0. The minimum absolute atomic E-state index is 0.0643. The van der Waals surface area contributed by atoms with Gasteiger partial charge >= 0.3 is 17.9 Å². The van der Waals surface area contributed by atoms with Gasteiger partial charge in [0.25, 0.3) is 0 Å². The van der Waals surface area contributed by atoms with Crippen molar-refractivity contribution in [3.63, 3.8) is 0 Å². The second-order valence-corrected chi connectivity index (χ2v) is 17.2. The fourth-order valence-corrected chi connectivity index (χ4v) is 7.33. The molecule has 0 fully saturated rings.